The number of hydrogen-bond donors (Lipinski definition) is 1. The normalized spacial score (nSPS) is 12.6. The van der Waals surface area contributed by atoms with Gasteiger partial charge in [-0.3, -0.25) is 0 Å². The Morgan fingerprint density at radius 1 is 1.21 bits per heavy atom. The maximum atomic E-state index is 12.0. The van der Waals surface area contributed by atoms with E-state index in [1.807, 2.05) is 38.1 Å². The summed E-state index contributed by atoms with van der Waals surface area (Å²) in [5.41, 5.74) is 0.303. The van der Waals surface area contributed by atoms with Crippen LogP contribution in [0.15, 0.2) is 28.7 Å². The van der Waals surface area contributed by atoms with Gasteiger partial charge in [0.1, 0.15) is 0 Å². The Bertz CT molecular complexity index is 500. The van der Waals surface area contributed by atoms with E-state index in [9.17, 15) is 8.42 Å². The topological polar surface area (TPSA) is 46.2 Å². The van der Waals surface area contributed by atoms with Crippen molar-refractivity contribution in [3.63, 3.8) is 0 Å². The largest absolute Gasteiger partial charge is 0.212 e. The number of benzene rings is 1. The van der Waals surface area contributed by atoms with Crippen molar-refractivity contribution in [2.75, 3.05) is 11.6 Å². The van der Waals surface area contributed by atoms with E-state index in [1.54, 1.807) is 0 Å². The second-order valence-electron chi connectivity index (χ2n) is 4.95. The fourth-order valence-corrected chi connectivity index (χ4v) is 3.79. The van der Waals surface area contributed by atoms with Gasteiger partial charge in [-0.05, 0) is 44.4 Å². The van der Waals surface area contributed by atoms with Crippen LogP contribution in [0, 0.1) is 0 Å². The molecular weight excluding hydrogens is 350 g/mol. The maximum absolute atomic E-state index is 12.0. The van der Waals surface area contributed by atoms with Crippen LogP contribution in [0.2, 0.25) is 0 Å². The van der Waals surface area contributed by atoms with Gasteiger partial charge in [-0.1, -0.05) is 28.1 Å². The minimum Gasteiger partial charge on any atom is -0.212 e. The van der Waals surface area contributed by atoms with E-state index in [2.05, 4.69) is 20.7 Å². The predicted octanol–water partition coefficient (Wildman–Crippen LogP) is 3.62. The molecule has 0 radical (unpaired) electrons. The van der Waals surface area contributed by atoms with E-state index >= 15 is 0 Å². The van der Waals surface area contributed by atoms with Crippen LogP contribution < -0.4 is 4.72 Å². The Balaban J connectivity index is 2.75. The summed E-state index contributed by atoms with van der Waals surface area (Å²) in [6.45, 7) is 3.71. The zero-order valence-corrected chi connectivity index (χ0v) is 14.3. The van der Waals surface area contributed by atoms with E-state index in [0.717, 1.165) is 10.0 Å². The van der Waals surface area contributed by atoms with E-state index in [0.29, 0.717) is 18.7 Å². The standard InChI is InChI=1S/C13H19BrClNO2S/c1-13(2,11-5-7-12(14)8-6-11)16-19(17,18)10-4-3-9-15/h5-8,16H,3-4,9-10H2,1-2H3. The third kappa shape index (κ3) is 5.81. The summed E-state index contributed by atoms with van der Waals surface area (Å²) in [5, 5.41) is 0. The van der Waals surface area contributed by atoms with Gasteiger partial charge < -0.3 is 0 Å². The Hall–Kier alpha value is -0.100. The Labute approximate surface area is 128 Å². The molecule has 1 aromatic carbocycles. The minimum absolute atomic E-state index is 0.111. The Morgan fingerprint density at radius 3 is 2.32 bits per heavy atom. The molecule has 6 heteroatoms. The number of alkyl halides is 1. The van der Waals surface area contributed by atoms with Crippen molar-refractivity contribution in [1.82, 2.24) is 4.72 Å². The zero-order valence-electron chi connectivity index (χ0n) is 11.1. The molecule has 0 aliphatic heterocycles. The number of rotatable bonds is 7. The maximum Gasteiger partial charge on any atom is 0.212 e. The Morgan fingerprint density at radius 2 is 1.79 bits per heavy atom. The lowest BCUT2D eigenvalue weighted by Crippen LogP contribution is -2.42. The molecule has 1 N–H and O–H groups in total. The number of unbranched alkanes of at least 4 members (excludes halogenated alkanes) is 1. The molecule has 0 unspecified atom stereocenters. The van der Waals surface area contributed by atoms with Crippen molar-refractivity contribution in [3.8, 4) is 0 Å². The van der Waals surface area contributed by atoms with Crippen molar-refractivity contribution in [3.05, 3.63) is 34.3 Å². The van der Waals surface area contributed by atoms with Crippen LogP contribution in [0.25, 0.3) is 0 Å². The van der Waals surface area contributed by atoms with Crippen LogP contribution in [-0.4, -0.2) is 20.1 Å². The Kier molecular flexibility index (Phi) is 6.30. The highest BCUT2D eigenvalue weighted by Gasteiger charge is 2.26. The van der Waals surface area contributed by atoms with Crippen LogP contribution >= 0.6 is 27.5 Å². The summed E-state index contributed by atoms with van der Waals surface area (Å²) in [6, 6.07) is 7.62. The molecule has 0 saturated carbocycles. The smallest absolute Gasteiger partial charge is 0.212 e. The molecule has 0 aliphatic carbocycles. The van der Waals surface area contributed by atoms with Crippen molar-refractivity contribution >= 4 is 37.6 Å². The molecule has 0 aliphatic rings. The van der Waals surface area contributed by atoms with E-state index in [4.69, 9.17) is 11.6 Å². The van der Waals surface area contributed by atoms with Crippen molar-refractivity contribution in [2.45, 2.75) is 32.2 Å². The average molecular weight is 369 g/mol. The summed E-state index contributed by atoms with van der Waals surface area (Å²) < 4.78 is 27.7. The first-order chi connectivity index (χ1) is 8.77. The number of sulfonamides is 1. The highest BCUT2D eigenvalue weighted by molar-refractivity contribution is 9.10. The van der Waals surface area contributed by atoms with E-state index in [1.165, 1.54) is 0 Å². The molecule has 0 saturated heterocycles. The molecule has 19 heavy (non-hydrogen) atoms. The molecule has 0 amide bonds. The van der Waals surface area contributed by atoms with Crippen LogP contribution in [-0.2, 0) is 15.6 Å². The monoisotopic (exact) mass is 367 g/mol. The highest BCUT2D eigenvalue weighted by atomic mass is 79.9. The predicted molar refractivity (Wildman–Crippen MR) is 84.0 cm³/mol. The first kappa shape index (κ1) is 17.0. The molecule has 0 aromatic heterocycles. The van der Waals surface area contributed by atoms with Crippen LogP contribution in [0.4, 0.5) is 0 Å². The lowest BCUT2D eigenvalue weighted by atomic mass is 9.96. The van der Waals surface area contributed by atoms with Gasteiger partial charge in [0.25, 0.3) is 0 Å². The molecule has 1 aromatic rings. The highest BCUT2D eigenvalue weighted by Crippen LogP contribution is 2.23. The zero-order chi connectivity index (χ0) is 14.5. The quantitative estimate of drug-likeness (QED) is 0.590. The minimum atomic E-state index is -3.29. The van der Waals surface area contributed by atoms with Gasteiger partial charge in [-0.25, -0.2) is 13.1 Å². The second kappa shape index (κ2) is 7.07. The van der Waals surface area contributed by atoms with Gasteiger partial charge in [0.05, 0.1) is 11.3 Å². The molecule has 0 fully saturated rings. The van der Waals surface area contributed by atoms with Gasteiger partial charge >= 0.3 is 0 Å². The van der Waals surface area contributed by atoms with Gasteiger partial charge in [0, 0.05) is 10.4 Å². The van der Waals surface area contributed by atoms with Gasteiger partial charge in [0.15, 0.2) is 0 Å². The fourth-order valence-electron chi connectivity index (χ4n) is 1.75. The summed E-state index contributed by atoms with van der Waals surface area (Å²) in [4.78, 5) is 0. The summed E-state index contributed by atoms with van der Waals surface area (Å²) in [5.74, 6) is 0.602. The molecule has 1 rings (SSSR count). The lowest BCUT2D eigenvalue weighted by Gasteiger charge is -2.26. The molecule has 0 bridgehead atoms. The SMILES string of the molecule is CC(C)(NS(=O)(=O)CCCCCl)c1ccc(Br)cc1. The lowest BCUT2D eigenvalue weighted by molar-refractivity contribution is 0.471. The van der Waals surface area contributed by atoms with Crippen LogP contribution in [0.5, 0.6) is 0 Å². The number of halogens is 2. The average Bonchev–Trinajstić information content (AvgIpc) is 2.28. The fraction of sp³-hybridized carbons (Fsp3) is 0.538. The van der Waals surface area contributed by atoms with Gasteiger partial charge in [0.2, 0.25) is 10.0 Å². The number of nitrogens with one attached hydrogen (secondary N) is 1. The molecular formula is C13H19BrClNO2S. The molecule has 0 heterocycles. The third-order valence-electron chi connectivity index (χ3n) is 2.77. The first-order valence-corrected chi connectivity index (χ1v) is 9.08. The molecule has 3 nitrogen and oxygen atoms in total. The summed E-state index contributed by atoms with van der Waals surface area (Å²) in [7, 11) is -3.29. The number of hydrogen-bond acceptors (Lipinski definition) is 2. The van der Waals surface area contributed by atoms with Crippen molar-refractivity contribution < 1.29 is 8.42 Å². The van der Waals surface area contributed by atoms with E-state index in [-0.39, 0.29) is 5.75 Å². The second-order valence-corrected chi connectivity index (χ2v) is 8.08. The van der Waals surface area contributed by atoms with Crippen LogP contribution in [0.3, 0.4) is 0 Å². The van der Waals surface area contributed by atoms with E-state index < -0.39 is 15.6 Å². The summed E-state index contributed by atoms with van der Waals surface area (Å²) >= 11 is 8.92. The molecule has 108 valence electrons. The van der Waals surface area contributed by atoms with Gasteiger partial charge in [-0.2, -0.15) is 0 Å². The molecule has 0 atom stereocenters. The molecule has 0 spiro atoms. The van der Waals surface area contributed by atoms with Crippen molar-refractivity contribution in [1.29, 1.82) is 0 Å². The van der Waals surface area contributed by atoms with Crippen molar-refractivity contribution in [2.24, 2.45) is 0 Å². The van der Waals surface area contributed by atoms with Gasteiger partial charge in [-0.15, -0.1) is 11.6 Å². The third-order valence-corrected chi connectivity index (χ3v) is 5.22. The van der Waals surface area contributed by atoms with Crippen LogP contribution in [0.1, 0.15) is 32.3 Å². The summed E-state index contributed by atoms with van der Waals surface area (Å²) in [6.07, 6.45) is 1.29. The first-order valence-electron chi connectivity index (χ1n) is 6.10.